The van der Waals surface area contributed by atoms with Crippen molar-refractivity contribution in [3.05, 3.63) is 187 Å². The Hall–Kier alpha value is -5.86. The van der Waals surface area contributed by atoms with Crippen molar-refractivity contribution in [2.75, 3.05) is 9.80 Å². The van der Waals surface area contributed by atoms with Crippen LogP contribution in [0.2, 0.25) is 0 Å². The van der Waals surface area contributed by atoms with Crippen molar-refractivity contribution in [1.82, 2.24) is 0 Å². The minimum atomic E-state index is 1.01. The number of rotatable bonds is 7. The number of fused-ring (bicyclic) bond motifs is 2. The molecule has 0 heterocycles. The van der Waals surface area contributed by atoms with Crippen LogP contribution in [0.15, 0.2) is 176 Å². The maximum Gasteiger partial charge on any atom is 0.0569 e. The van der Waals surface area contributed by atoms with Gasteiger partial charge in [0.05, 0.1) is 11.4 Å². The van der Waals surface area contributed by atoms with Gasteiger partial charge in [-0.05, 0) is 102 Å². The van der Waals surface area contributed by atoms with Gasteiger partial charge >= 0.3 is 0 Å². The molecule has 0 fully saturated rings. The molecule has 0 radical (unpaired) electrons. The lowest BCUT2D eigenvalue weighted by atomic mass is 9.99. The first kappa shape index (κ1) is 29.5. The normalized spacial score (nSPS) is 12.7. The maximum absolute atomic E-state index is 2.47. The number of hydrogen-bond donors (Lipinski definition) is 0. The Morgan fingerprint density at radius 1 is 0.438 bits per heavy atom. The van der Waals surface area contributed by atoms with Gasteiger partial charge in [0, 0.05) is 33.5 Å². The van der Waals surface area contributed by atoms with Gasteiger partial charge in [-0.2, -0.15) is 0 Å². The minimum Gasteiger partial charge on any atom is -0.313 e. The van der Waals surface area contributed by atoms with E-state index in [1.807, 2.05) is 0 Å². The number of nitrogens with zero attached hydrogens (tertiary/aromatic N) is 2. The maximum atomic E-state index is 2.47. The molecule has 232 valence electrons. The van der Waals surface area contributed by atoms with Crippen LogP contribution >= 0.6 is 0 Å². The highest BCUT2D eigenvalue weighted by atomic mass is 15.2. The van der Waals surface area contributed by atoms with E-state index in [9.17, 15) is 0 Å². The Morgan fingerprint density at radius 3 is 1.46 bits per heavy atom. The SMILES string of the molecule is Cc1ccc2ccccc2c1N(C1=CC=CCC1)c1ccc(-c2ccc(N(c3ccccc3)c3c(C)ccc4ccccc34)cc2)cc1. The Bertz CT molecular complexity index is 2290. The van der Waals surface area contributed by atoms with Crippen LogP contribution in [-0.2, 0) is 0 Å². The molecule has 0 amide bonds. The summed E-state index contributed by atoms with van der Waals surface area (Å²) in [6.07, 6.45) is 8.78. The molecule has 2 heteroatoms. The molecule has 1 aliphatic carbocycles. The monoisotopic (exact) mass is 618 g/mol. The predicted molar refractivity (Wildman–Crippen MR) is 206 cm³/mol. The third-order valence-corrected chi connectivity index (χ3v) is 9.53. The third kappa shape index (κ3) is 5.46. The number of para-hydroxylation sites is 1. The zero-order valence-electron chi connectivity index (χ0n) is 27.5. The van der Waals surface area contributed by atoms with Gasteiger partial charge in [0.1, 0.15) is 0 Å². The highest BCUT2D eigenvalue weighted by Gasteiger charge is 2.21. The minimum absolute atomic E-state index is 1.01. The smallest absolute Gasteiger partial charge is 0.0569 e. The number of benzene rings is 7. The van der Waals surface area contributed by atoms with Crippen LogP contribution in [-0.4, -0.2) is 0 Å². The average molecular weight is 619 g/mol. The third-order valence-electron chi connectivity index (χ3n) is 9.53. The van der Waals surface area contributed by atoms with E-state index in [2.05, 4.69) is 194 Å². The van der Waals surface area contributed by atoms with Crippen LogP contribution in [0.4, 0.5) is 28.4 Å². The van der Waals surface area contributed by atoms with E-state index < -0.39 is 0 Å². The fraction of sp³-hybridized carbons (Fsp3) is 0.0870. The standard InChI is InChI=1S/C46H38N2/c1-33-21-23-37-13-9-11-19-43(37)45(33)47(39-15-5-3-6-16-39)41-29-25-35(26-30-41)36-27-31-42(32-28-36)48(40-17-7-4-8-18-40)46-34(2)22-24-38-14-10-12-20-44(38)46/h3-7,9-17,19-32H,8,18H2,1-2H3. The van der Waals surface area contributed by atoms with Crippen molar-refractivity contribution < 1.29 is 0 Å². The average Bonchev–Trinajstić information content (AvgIpc) is 3.15. The van der Waals surface area contributed by atoms with E-state index in [1.54, 1.807) is 0 Å². The molecule has 0 aromatic heterocycles. The highest BCUT2D eigenvalue weighted by molar-refractivity contribution is 6.01. The summed E-state index contributed by atoms with van der Waals surface area (Å²) < 4.78 is 0. The number of allylic oxidation sites excluding steroid dienone is 4. The van der Waals surface area contributed by atoms with Crippen molar-refractivity contribution in [3.63, 3.8) is 0 Å². The Kier molecular flexibility index (Phi) is 7.84. The molecule has 2 nitrogen and oxygen atoms in total. The molecule has 0 N–H and O–H groups in total. The van der Waals surface area contributed by atoms with Crippen molar-refractivity contribution in [2.45, 2.75) is 26.7 Å². The quantitative estimate of drug-likeness (QED) is 0.175. The lowest BCUT2D eigenvalue weighted by Gasteiger charge is -2.31. The van der Waals surface area contributed by atoms with Gasteiger partial charge < -0.3 is 9.80 Å². The van der Waals surface area contributed by atoms with E-state index >= 15 is 0 Å². The molecular formula is C46H38N2. The van der Waals surface area contributed by atoms with Gasteiger partial charge in [-0.25, -0.2) is 0 Å². The van der Waals surface area contributed by atoms with E-state index in [0.717, 1.165) is 24.2 Å². The summed E-state index contributed by atoms with van der Waals surface area (Å²) >= 11 is 0. The first-order valence-electron chi connectivity index (χ1n) is 16.8. The van der Waals surface area contributed by atoms with Crippen molar-refractivity contribution in [3.8, 4) is 11.1 Å². The number of aryl methyl sites for hydroxylation is 2. The summed E-state index contributed by atoms with van der Waals surface area (Å²) in [5.74, 6) is 0. The van der Waals surface area contributed by atoms with Gasteiger partial charge in [0.25, 0.3) is 0 Å². The van der Waals surface area contributed by atoms with Crippen LogP contribution < -0.4 is 9.80 Å². The number of hydrogen-bond acceptors (Lipinski definition) is 2. The molecule has 0 spiro atoms. The molecule has 0 aliphatic heterocycles. The Labute approximate surface area is 283 Å². The topological polar surface area (TPSA) is 6.48 Å². The largest absolute Gasteiger partial charge is 0.313 e. The van der Waals surface area contributed by atoms with Gasteiger partial charge in [0.15, 0.2) is 0 Å². The van der Waals surface area contributed by atoms with Gasteiger partial charge in [0.2, 0.25) is 0 Å². The lowest BCUT2D eigenvalue weighted by molar-refractivity contribution is 0.917. The zero-order chi connectivity index (χ0) is 32.5. The lowest BCUT2D eigenvalue weighted by Crippen LogP contribution is -2.18. The van der Waals surface area contributed by atoms with Crippen molar-refractivity contribution in [1.29, 1.82) is 0 Å². The molecule has 0 atom stereocenters. The first-order chi connectivity index (χ1) is 23.7. The molecule has 1 aliphatic rings. The summed E-state index contributed by atoms with van der Waals surface area (Å²) in [6.45, 7) is 4.43. The summed E-state index contributed by atoms with van der Waals surface area (Å²) in [7, 11) is 0. The van der Waals surface area contributed by atoms with Gasteiger partial charge in [-0.15, -0.1) is 0 Å². The van der Waals surface area contributed by atoms with Crippen LogP contribution in [0.1, 0.15) is 24.0 Å². The van der Waals surface area contributed by atoms with Crippen molar-refractivity contribution >= 4 is 50.0 Å². The van der Waals surface area contributed by atoms with Crippen LogP contribution in [0.3, 0.4) is 0 Å². The molecule has 7 aromatic carbocycles. The second-order valence-electron chi connectivity index (χ2n) is 12.6. The van der Waals surface area contributed by atoms with E-state index in [4.69, 9.17) is 0 Å². The van der Waals surface area contributed by atoms with Gasteiger partial charge in [-0.1, -0.05) is 127 Å². The van der Waals surface area contributed by atoms with Crippen LogP contribution in [0.5, 0.6) is 0 Å². The predicted octanol–water partition coefficient (Wildman–Crippen LogP) is 13.1. The Morgan fingerprint density at radius 2 is 0.917 bits per heavy atom. The summed E-state index contributed by atoms with van der Waals surface area (Å²) in [4.78, 5) is 4.86. The second-order valence-corrected chi connectivity index (χ2v) is 12.6. The highest BCUT2D eigenvalue weighted by Crippen LogP contribution is 2.43. The summed E-state index contributed by atoms with van der Waals surface area (Å²) in [5, 5.41) is 5.02. The van der Waals surface area contributed by atoms with E-state index in [-0.39, 0.29) is 0 Å². The molecule has 0 saturated heterocycles. The second kappa shape index (κ2) is 12.7. The van der Waals surface area contributed by atoms with Crippen molar-refractivity contribution in [2.24, 2.45) is 0 Å². The Balaban J connectivity index is 1.17. The first-order valence-corrected chi connectivity index (χ1v) is 16.8. The van der Waals surface area contributed by atoms with E-state index in [1.165, 1.54) is 66.6 Å². The molecule has 0 unspecified atom stereocenters. The van der Waals surface area contributed by atoms with Crippen LogP contribution in [0.25, 0.3) is 32.7 Å². The zero-order valence-corrected chi connectivity index (χ0v) is 27.5. The molecule has 7 aromatic rings. The molecule has 0 saturated carbocycles. The molecule has 0 bridgehead atoms. The van der Waals surface area contributed by atoms with Gasteiger partial charge in [-0.3, -0.25) is 0 Å². The fourth-order valence-corrected chi connectivity index (χ4v) is 7.13. The summed E-state index contributed by atoms with van der Waals surface area (Å²) in [6, 6.07) is 55.1. The van der Waals surface area contributed by atoms with Crippen LogP contribution in [0, 0.1) is 13.8 Å². The molecule has 48 heavy (non-hydrogen) atoms. The molecule has 8 rings (SSSR count). The fourth-order valence-electron chi connectivity index (χ4n) is 7.13. The van der Waals surface area contributed by atoms with E-state index in [0.29, 0.717) is 0 Å². The summed E-state index contributed by atoms with van der Waals surface area (Å²) in [5.41, 5.74) is 12.2. The molecular weight excluding hydrogens is 581 g/mol. The number of anilines is 5.